The van der Waals surface area contributed by atoms with E-state index in [2.05, 4.69) is 25.9 Å². The van der Waals surface area contributed by atoms with Crippen LogP contribution in [0.5, 0.6) is 0 Å². The second-order valence-electron chi connectivity index (χ2n) is 5.13. The Bertz CT molecular complexity index is 692. The van der Waals surface area contributed by atoms with Crippen LogP contribution in [0.4, 0.5) is 0 Å². The molecule has 4 atom stereocenters. The van der Waals surface area contributed by atoms with Crippen molar-refractivity contribution in [2.45, 2.75) is 31.0 Å². The average Bonchev–Trinajstić information content (AvgIpc) is 2.87. The van der Waals surface area contributed by atoms with Gasteiger partial charge in [-0.2, -0.15) is 0 Å². The van der Waals surface area contributed by atoms with Gasteiger partial charge in [-0.25, -0.2) is 9.97 Å². The molecule has 3 heterocycles. The first-order valence-corrected chi connectivity index (χ1v) is 7.38. The fraction of sp³-hybridized carbons (Fsp3) is 0.500. The van der Waals surface area contributed by atoms with Gasteiger partial charge in [-0.1, -0.05) is 11.6 Å². The van der Waals surface area contributed by atoms with Crippen molar-refractivity contribution in [3.05, 3.63) is 22.1 Å². The van der Waals surface area contributed by atoms with Gasteiger partial charge in [0.2, 0.25) is 0 Å². The summed E-state index contributed by atoms with van der Waals surface area (Å²) in [6, 6.07) is 0. The number of aromatic nitrogens is 3. The highest BCUT2D eigenvalue weighted by Crippen LogP contribution is 2.41. The number of nitrogens with zero attached hydrogens (tertiary/aromatic N) is 3. The third kappa shape index (κ3) is 2.18. The molecule has 0 saturated carbocycles. The molecule has 114 valence electrons. The molecule has 0 bridgehead atoms. The predicted molar refractivity (Wildman–Crippen MR) is 77.9 cm³/mol. The van der Waals surface area contributed by atoms with Crippen LogP contribution < -0.4 is 0 Å². The van der Waals surface area contributed by atoms with Crippen LogP contribution >= 0.6 is 27.5 Å². The lowest BCUT2D eigenvalue weighted by Crippen LogP contribution is -2.44. The quantitative estimate of drug-likeness (QED) is 0.670. The number of aliphatic hydroxyl groups excluding tert-OH is 2. The third-order valence-electron chi connectivity index (χ3n) is 3.70. The van der Waals surface area contributed by atoms with E-state index < -0.39 is 30.6 Å². The minimum Gasteiger partial charge on any atom is -0.394 e. The maximum absolute atomic E-state index is 10.5. The molecule has 0 aliphatic carbocycles. The van der Waals surface area contributed by atoms with Crippen molar-refractivity contribution >= 4 is 38.6 Å². The van der Waals surface area contributed by atoms with Crippen molar-refractivity contribution in [1.82, 2.24) is 14.5 Å². The topological polar surface area (TPSA) is 101 Å². The molecule has 9 heteroatoms. The molecule has 0 aromatic carbocycles. The van der Waals surface area contributed by atoms with Gasteiger partial charge in [-0.05, 0) is 22.9 Å². The number of hydrogen-bond acceptors (Lipinski definition) is 6. The van der Waals surface area contributed by atoms with Gasteiger partial charge in [0.25, 0.3) is 0 Å². The molecule has 3 rings (SSSR count). The van der Waals surface area contributed by atoms with Crippen LogP contribution in [-0.2, 0) is 4.74 Å². The Balaban J connectivity index is 2.15. The van der Waals surface area contributed by atoms with Crippen molar-refractivity contribution in [3.8, 4) is 0 Å². The van der Waals surface area contributed by atoms with E-state index in [1.54, 1.807) is 10.8 Å². The van der Waals surface area contributed by atoms with E-state index in [9.17, 15) is 15.3 Å². The predicted octanol–water partition coefficient (Wildman–Crippen LogP) is 0.849. The van der Waals surface area contributed by atoms with E-state index in [1.807, 2.05) is 0 Å². The van der Waals surface area contributed by atoms with Gasteiger partial charge >= 0.3 is 0 Å². The third-order valence-corrected chi connectivity index (χ3v) is 4.59. The fourth-order valence-electron chi connectivity index (χ4n) is 2.57. The number of fused-ring (bicyclic) bond motifs is 1. The highest BCUT2D eigenvalue weighted by atomic mass is 79.9. The minimum atomic E-state index is -1.59. The molecule has 0 amide bonds. The Hall–Kier alpha value is -0.770. The van der Waals surface area contributed by atoms with Crippen LogP contribution in [0.2, 0.25) is 5.15 Å². The lowest BCUT2D eigenvalue weighted by atomic mass is 9.96. The average molecular weight is 379 g/mol. The molecule has 1 fully saturated rings. The van der Waals surface area contributed by atoms with Crippen LogP contribution in [-0.4, -0.2) is 54.3 Å². The summed E-state index contributed by atoms with van der Waals surface area (Å²) in [7, 11) is 0. The highest BCUT2D eigenvalue weighted by molar-refractivity contribution is 9.10. The number of hydrogen-bond donors (Lipinski definition) is 3. The first-order valence-electron chi connectivity index (χ1n) is 6.21. The highest BCUT2D eigenvalue weighted by Gasteiger charge is 2.53. The van der Waals surface area contributed by atoms with Crippen molar-refractivity contribution in [3.63, 3.8) is 0 Å². The Morgan fingerprint density at radius 2 is 2.24 bits per heavy atom. The summed E-state index contributed by atoms with van der Waals surface area (Å²) in [6.45, 7) is 1.05. The molecule has 3 N–H and O–H groups in total. The van der Waals surface area contributed by atoms with Crippen LogP contribution in [0.1, 0.15) is 13.2 Å². The summed E-state index contributed by atoms with van der Waals surface area (Å²) in [4.78, 5) is 8.06. The van der Waals surface area contributed by atoms with Gasteiger partial charge in [-0.3, -0.25) is 0 Å². The smallest absolute Gasteiger partial charge is 0.167 e. The lowest BCUT2D eigenvalue weighted by Gasteiger charge is -2.27. The summed E-state index contributed by atoms with van der Waals surface area (Å²) in [6.07, 6.45) is -0.0578. The molecular weight excluding hydrogens is 366 g/mol. The van der Waals surface area contributed by atoms with Crippen LogP contribution in [0.15, 0.2) is 17.0 Å². The van der Waals surface area contributed by atoms with Gasteiger partial charge in [0.15, 0.2) is 6.23 Å². The molecular formula is C12H13BrClN3O4. The van der Waals surface area contributed by atoms with Crippen molar-refractivity contribution in [2.75, 3.05) is 6.61 Å². The van der Waals surface area contributed by atoms with Crippen molar-refractivity contribution in [1.29, 1.82) is 0 Å². The molecule has 0 spiro atoms. The summed E-state index contributed by atoms with van der Waals surface area (Å²) < 4.78 is 7.78. The van der Waals surface area contributed by atoms with Crippen LogP contribution in [0.25, 0.3) is 11.0 Å². The van der Waals surface area contributed by atoms with Gasteiger partial charge in [-0.15, -0.1) is 0 Å². The van der Waals surface area contributed by atoms with Crippen molar-refractivity contribution in [2.24, 2.45) is 0 Å². The van der Waals surface area contributed by atoms with Gasteiger partial charge in [0, 0.05) is 10.7 Å². The first-order chi connectivity index (χ1) is 9.87. The second kappa shape index (κ2) is 5.15. The van der Waals surface area contributed by atoms with Crippen molar-refractivity contribution < 1.29 is 20.1 Å². The minimum absolute atomic E-state index is 0.266. The SMILES string of the molecule is C[C@@]1(O)C(O)C(CO)OC1n1cc(Br)c2c(Cl)ncnc21. The molecule has 2 aromatic rings. The zero-order valence-electron chi connectivity index (χ0n) is 10.9. The zero-order valence-corrected chi connectivity index (χ0v) is 13.3. The maximum Gasteiger partial charge on any atom is 0.167 e. The van der Waals surface area contributed by atoms with E-state index in [1.165, 1.54) is 13.3 Å². The molecule has 1 saturated heterocycles. The Morgan fingerprint density at radius 1 is 1.52 bits per heavy atom. The first kappa shape index (κ1) is 15.1. The normalized spacial score (nSPS) is 33.0. The molecule has 3 unspecified atom stereocenters. The summed E-state index contributed by atoms with van der Waals surface area (Å²) >= 11 is 9.42. The Labute approximate surface area is 133 Å². The zero-order chi connectivity index (χ0) is 15.4. The summed E-state index contributed by atoms with van der Waals surface area (Å²) in [5.41, 5.74) is -1.13. The standard InChI is InChI=1S/C12H13BrClN3O4/c1-12(20)8(19)6(3-18)21-11(12)17-2-5(13)7-9(14)15-4-16-10(7)17/h2,4,6,8,11,18-20H,3H2,1H3/t6?,8?,11?,12-/m1/s1. The van der Waals surface area contributed by atoms with E-state index >= 15 is 0 Å². The Kier molecular flexibility index (Phi) is 3.71. The molecule has 1 aliphatic heterocycles. The number of aliphatic hydroxyl groups is 3. The van der Waals surface area contributed by atoms with Crippen LogP contribution in [0.3, 0.4) is 0 Å². The van der Waals surface area contributed by atoms with E-state index in [0.29, 0.717) is 15.5 Å². The van der Waals surface area contributed by atoms with Gasteiger partial charge in [0.05, 0.1) is 12.0 Å². The molecule has 2 aromatic heterocycles. The van der Waals surface area contributed by atoms with Gasteiger partial charge in [0.1, 0.15) is 34.9 Å². The fourth-order valence-corrected chi connectivity index (χ4v) is 3.50. The molecule has 7 nitrogen and oxygen atoms in total. The molecule has 0 radical (unpaired) electrons. The lowest BCUT2D eigenvalue weighted by molar-refractivity contribution is -0.0948. The monoisotopic (exact) mass is 377 g/mol. The van der Waals surface area contributed by atoms with Crippen LogP contribution in [0, 0.1) is 0 Å². The number of halogens is 2. The molecule has 21 heavy (non-hydrogen) atoms. The Morgan fingerprint density at radius 3 is 2.86 bits per heavy atom. The second-order valence-corrected chi connectivity index (χ2v) is 6.34. The maximum atomic E-state index is 10.5. The number of ether oxygens (including phenoxy) is 1. The number of rotatable bonds is 2. The van der Waals surface area contributed by atoms with Gasteiger partial charge < -0.3 is 24.6 Å². The summed E-state index contributed by atoms with van der Waals surface area (Å²) in [5, 5.41) is 30.7. The van der Waals surface area contributed by atoms with E-state index in [4.69, 9.17) is 16.3 Å². The largest absolute Gasteiger partial charge is 0.394 e. The summed E-state index contributed by atoms with van der Waals surface area (Å²) in [5.74, 6) is 0. The molecule has 1 aliphatic rings. The van der Waals surface area contributed by atoms with E-state index in [-0.39, 0.29) is 5.15 Å². The van der Waals surface area contributed by atoms with E-state index in [0.717, 1.165) is 0 Å².